The molecule has 3 rings (SSSR count). The first-order chi connectivity index (χ1) is 10.8. The zero-order valence-corrected chi connectivity index (χ0v) is 14.1. The first kappa shape index (κ1) is 15.9. The molecule has 1 aliphatic heterocycles. The highest BCUT2D eigenvalue weighted by Gasteiger charge is 2.38. The van der Waals surface area contributed by atoms with Crippen molar-refractivity contribution in [1.29, 1.82) is 0 Å². The van der Waals surface area contributed by atoms with Gasteiger partial charge in [0.15, 0.2) is 0 Å². The van der Waals surface area contributed by atoms with E-state index in [-0.39, 0.29) is 0 Å². The Hall–Kier alpha value is -0.930. The van der Waals surface area contributed by atoms with Gasteiger partial charge in [-0.2, -0.15) is 0 Å². The molecule has 1 aliphatic carbocycles. The molecule has 1 aromatic rings. The van der Waals surface area contributed by atoms with Crippen molar-refractivity contribution < 1.29 is 0 Å². The third kappa shape index (κ3) is 3.69. The number of piperidine rings is 1. The molecule has 0 spiro atoms. The first-order valence-electron chi connectivity index (χ1n) is 9.20. The quantitative estimate of drug-likeness (QED) is 0.893. The third-order valence-electron chi connectivity index (χ3n) is 5.68. The van der Waals surface area contributed by atoms with Gasteiger partial charge in [0.25, 0.3) is 0 Å². The predicted octanol–water partition coefficient (Wildman–Crippen LogP) is 3.92. The zero-order valence-electron chi connectivity index (χ0n) is 14.1. The molecule has 122 valence electrons. The Morgan fingerprint density at radius 1 is 1.09 bits per heavy atom. The van der Waals surface area contributed by atoms with E-state index in [1.54, 1.807) is 0 Å². The summed E-state index contributed by atoms with van der Waals surface area (Å²) in [5, 5.41) is 3.80. The maximum absolute atomic E-state index is 4.50. The molecule has 1 aromatic heterocycles. The van der Waals surface area contributed by atoms with E-state index < -0.39 is 0 Å². The number of aromatic nitrogens is 1. The van der Waals surface area contributed by atoms with Crippen LogP contribution in [0.5, 0.6) is 0 Å². The van der Waals surface area contributed by atoms with Crippen LogP contribution in [0.25, 0.3) is 0 Å². The van der Waals surface area contributed by atoms with Gasteiger partial charge in [-0.05, 0) is 57.8 Å². The van der Waals surface area contributed by atoms with Crippen molar-refractivity contribution >= 4 is 0 Å². The van der Waals surface area contributed by atoms with Gasteiger partial charge >= 0.3 is 0 Å². The van der Waals surface area contributed by atoms with E-state index in [2.05, 4.69) is 34.3 Å². The number of pyridine rings is 1. The summed E-state index contributed by atoms with van der Waals surface area (Å²) in [7, 11) is 0. The number of likely N-dealkylation sites (tertiary alicyclic amines) is 1. The fourth-order valence-corrected chi connectivity index (χ4v) is 4.26. The topological polar surface area (TPSA) is 28.2 Å². The fourth-order valence-electron chi connectivity index (χ4n) is 4.26. The van der Waals surface area contributed by atoms with Gasteiger partial charge in [-0.3, -0.25) is 9.88 Å². The molecule has 3 heteroatoms. The molecule has 0 radical (unpaired) electrons. The Morgan fingerprint density at radius 2 is 1.82 bits per heavy atom. The molecule has 0 amide bonds. The van der Waals surface area contributed by atoms with E-state index in [0.29, 0.717) is 11.6 Å². The van der Waals surface area contributed by atoms with Crippen LogP contribution in [0, 0.1) is 0 Å². The molecule has 2 aliphatic rings. The lowest BCUT2D eigenvalue weighted by Gasteiger charge is -2.49. The van der Waals surface area contributed by atoms with Crippen molar-refractivity contribution in [3.8, 4) is 0 Å². The van der Waals surface area contributed by atoms with Gasteiger partial charge in [-0.25, -0.2) is 0 Å². The summed E-state index contributed by atoms with van der Waals surface area (Å²) in [5.74, 6) is 0. The van der Waals surface area contributed by atoms with Gasteiger partial charge in [-0.1, -0.05) is 31.7 Å². The van der Waals surface area contributed by atoms with Gasteiger partial charge in [0, 0.05) is 24.3 Å². The highest BCUT2D eigenvalue weighted by molar-refractivity contribution is 5.08. The molecule has 2 heterocycles. The maximum Gasteiger partial charge on any atom is 0.0570 e. The fraction of sp³-hybridized carbons (Fsp3) is 0.737. The van der Waals surface area contributed by atoms with Crippen LogP contribution in [0.15, 0.2) is 24.4 Å². The first-order valence-corrected chi connectivity index (χ1v) is 9.20. The van der Waals surface area contributed by atoms with Crippen LogP contribution in [0.1, 0.15) is 70.0 Å². The van der Waals surface area contributed by atoms with Gasteiger partial charge in [0.2, 0.25) is 0 Å². The summed E-state index contributed by atoms with van der Waals surface area (Å²) in [4.78, 5) is 7.31. The molecule has 1 unspecified atom stereocenters. The summed E-state index contributed by atoms with van der Waals surface area (Å²) in [6.45, 7) is 5.97. The van der Waals surface area contributed by atoms with Crippen molar-refractivity contribution in [2.45, 2.75) is 69.9 Å². The Bertz CT molecular complexity index is 433. The van der Waals surface area contributed by atoms with E-state index in [9.17, 15) is 0 Å². The summed E-state index contributed by atoms with van der Waals surface area (Å²) >= 11 is 0. The molecule has 1 saturated carbocycles. The minimum Gasteiger partial charge on any atom is -0.307 e. The number of rotatable bonds is 5. The largest absolute Gasteiger partial charge is 0.307 e. The highest BCUT2D eigenvalue weighted by atomic mass is 15.2. The van der Waals surface area contributed by atoms with Gasteiger partial charge < -0.3 is 5.32 Å². The minimum atomic E-state index is 0.338. The molecule has 1 saturated heterocycles. The van der Waals surface area contributed by atoms with Crippen LogP contribution in [-0.2, 0) is 0 Å². The lowest BCUT2D eigenvalue weighted by atomic mass is 9.79. The second-order valence-corrected chi connectivity index (χ2v) is 7.19. The van der Waals surface area contributed by atoms with Crippen LogP contribution >= 0.6 is 0 Å². The van der Waals surface area contributed by atoms with E-state index in [4.69, 9.17) is 0 Å². The summed E-state index contributed by atoms with van der Waals surface area (Å²) in [5.41, 5.74) is 1.56. The normalized spacial score (nSPS) is 24.0. The second kappa shape index (κ2) is 7.56. The average molecular weight is 301 g/mol. The van der Waals surface area contributed by atoms with E-state index >= 15 is 0 Å². The van der Waals surface area contributed by atoms with Crippen molar-refractivity contribution in [1.82, 2.24) is 15.2 Å². The van der Waals surface area contributed by atoms with Crippen molar-refractivity contribution in [2.75, 3.05) is 19.6 Å². The maximum atomic E-state index is 4.50. The third-order valence-corrected chi connectivity index (χ3v) is 5.68. The molecule has 3 nitrogen and oxygen atoms in total. The van der Waals surface area contributed by atoms with Crippen LogP contribution in [-0.4, -0.2) is 35.1 Å². The lowest BCUT2D eigenvalue weighted by molar-refractivity contribution is 0.0316. The lowest BCUT2D eigenvalue weighted by Crippen LogP contribution is -2.57. The summed E-state index contributed by atoms with van der Waals surface area (Å²) < 4.78 is 0. The van der Waals surface area contributed by atoms with E-state index in [1.165, 1.54) is 64.5 Å². The standard InChI is InChI=1S/C19H31N3/c1-17(18-10-4-7-13-20-18)21-16-19(11-5-2-6-12-19)22-14-8-3-9-15-22/h4,7,10,13,17,21H,2-3,5-6,8-9,11-12,14-16H2,1H3. The molecule has 1 atom stereocenters. The molecule has 0 aromatic carbocycles. The smallest absolute Gasteiger partial charge is 0.0570 e. The van der Waals surface area contributed by atoms with Crippen molar-refractivity contribution in [3.05, 3.63) is 30.1 Å². The molecule has 22 heavy (non-hydrogen) atoms. The Labute approximate surface area is 135 Å². The van der Waals surface area contributed by atoms with Crippen molar-refractivity contribution in [3.63, 3.8) is 0 Å². The minimum absolute atomic E-state index is 0.338. The monoisotopic (exact) mass is 301 g/mol. The van der Waals surface area contributed by atoms with Crippen LogP contribution in [0.4, 0.5) is 0 Å². The molecular formula is C19H31N3. The average Bonchev–Trinajstić information content (AvgIpc) is 2.62. The zero-order chi connectivity index (χ0) is 15.3. The Kier molecular flexibility index (Phi) is 5.48. The molecule has 2 fully saturated rings. The van der Waals surface area contributed by atoms with E-state index in [0.717, 1.165) is 12.2 Å². The predicted molar refractivity (Wildman–Crippen MR) is 91.9 cm³/mol. The van der Waals surface area contributed by atoms with Crippen LogP contribution in [0.2, 0.25) is 0 Å². The molecule has 1 N–H and O–H groups in total. The highest BCUT2D eigenvalue weighted by Crippen LogP contribution is 2.35. The second-order valence-electron chi connectivity index (χ2n) is 7.19. The van der Waals surface area contributed by atoms with Gasteiger partial charge in [-0.15, -0.1) is 0 Å². The SMILES string of the molecule is CC(NCC1(N2CCCCC2)CCCCC1)c1ccccn1. The Morgan fingerprint density at radius 3 is 2.50 bits per heavy atom. The number of hydrogen-bond acceptors (Lipinski definition) is 3. The van der Waals surface area contributed by atoms with Gasteiger partial charge in [0.1, 0.15) is 0 Å². The van der Waals surface area contributed by atoms with Gasteiger partial charge in [0.05, 0.1) is 5.69 Å². The summed E-state index contributed by atoms with van der Waals surface area (Å²) in [6.07, 6.45) is 13.1. The number of nitrogens with zero attached hydrogens (tertiary/aromatic N) is 2. The number of hydrogen-bond donors (Lipinski definition) is 1. The van der Waals surface area contributed by atoms with Crippen LogP contribution < -0.4 is 5.32 Å². The molecular weight excluding hydrogens is 270 g/mol. The molecule has 0 bridgehead atoms. The van der Waals surface area contributed by atoms with E-state index in [1.807, 2.05) is 12.3 Å². The summed E-state index contributed by atoms with van der Waals surface area (Å²) in [6, 6.07) is 6.55. The Balaban J connectivity index is 1.65. The number of nitrogens with one attached hydrogen (secondary N) is 1. The van der Waals surface area contributed by atoms with Crippen molar-refractivity contribution in [2.24, 2.45) is 0 Å². The van der Waals surface area contributed by atoms with Crippen LogP contribution in [0.3, 0.4) is 0 Å².